The summed E-state index contributed by atoms with van der Waals surface area (Å²) in [5, 5.41) is 0. The summed E-state index contributed by atoms with van der Waals surface area (Å²) < 4.78 is 0. The van der Waals surface area contributed by atoms with E-state index < -0.39 is 0 Å². The second-order valence-corrected chi connectivity index (χ2v) is 2.80. The molecule has 0 bridgehead atoms. The smallest absolute Gasteiger partial charge is 0.0310 e. The minimum absolute atomic E-state index is 0.00174. The Morgan fingerprint density at radius 3 is 2.62 bits per heavy atom. The molecule has 0 aromatic rings. The normalized spacial score (nSPS) is 37.8. The lowest BCUT2D eigenvalue weighted by atomic mass is 9.91. The van der Waals surface area contributed by atoms with Gasteiger partial charge in [0.15, 0.2) is 0 Å². The first-order valence-corrected chi connectivity index (χ1v) is 3.17. The lowest BCUT2D eigenvalue weighted by Gasteiger charge is -2.22. The molecule has 0 amide bonds. The van der Waals surface area contributed by atoms with Crippen LogP contribution in [0.4, 0.5) is 0 Å². The Morgan fingerprint density at radius 1 is 1.62 bits per heavy atom. The highest BCUT2D eigenvalue weighted by Gasteiger charge is 2.15. The van der Waals surface area contributed by atoms with Gasteiger partial charge in [-0.25, -0.2) is 0 Å². The van der Waals surface area contributed by atoms with Gasteiger partial charge in [0.25, 0.3) is 0 Å². The van der Waals surface area contributed by atoms with E-state index in [2.05, 4.69) is 19.1 Å². The summed E-state index contributed by atoms with van der Waals surface area (Å²) in [6.07, 6.45) is 7.89. The third-order valence-electron chi connectivity index (χ3n) is 1.58. The zero-order valence-electron chi connectivity index (χ0n) is 5.35. The molecule has 0 saturated carbocycles. The average Bonchev–Trinajstić information content (AvgIpc) is 1.65. The van der Waals surface area contributed by atoms with Crippen molar-refractivity contribution in [2.75, 3.05) is 0 Å². The summed E-state index contributed by atoms with van der Waals surface area (Å²) in [4.78, 5) is 0. The topological polar surface area (TPSA) is 26.0 Å². The van der Waals surface area contributed by atoms with Crippen LogP contribution in [0, 0.1) is 0 Å². The van der Waals surface area contributed by atoms with Crippen LogP contribution < -0.4 is 5.73 Å². The zero-order chi connectivity index (χ0) is 6.04. The monoisotopic (exact) mass is 111 g/mol. The van der Waals surface area contributed by atoms with Crippen LogP contribution >= 0.6 is 0 Å². The fourth-order valence-corrected chi connectivity index (χ4v) is 1.04. The Hall–Kier alpha value is -0.300. The van der Waals surface area contributed by atoms with Crippen molar-refractivity contribution in [3.05, 3.63) is 12.2 Å². The van der Waals surface area contributed by atoms with Crippen molar-refractivity contribution in [2.24, 2.45) is 5.73 Å². The van der Waals surface area contributed by atoms with Crippen molar-refractivity contribution in [1.29, 1.82) is 0 Å². The van der Waals surface area contributed by atoms with Gasteiger partial charge < -0.3 is 5.73 Å². The molecule has 0 radical (unpaired) electrons. The molecular weight excluding hydrogens is 98.1 g/mol. The third kappa shape index (κ3) is 1.34. The van der Waals surface area contributed by atoms with E-state index in [1.54, 1.807) is 0 Å². The van der Waals surface area contributed by atoms with Crippen LogP contribution in [0.25, 0.3) is 0 Å². The molecule has 0 saturated heterocycles. The maximum atomic E-state index is 5.79. The summed E-state index contributed by atoms with van der Waals surface area (Å²) >= 11 is 0. The fourth-order valence-electron chi connectivity index (χ4n) is 1.04. The SMILES string of the molecule is CC1(N)C=CCCC1. The first-order valence-electron chi connectivity index (χ1n) is 3.17. The van der Waals surface area contributed by atoms with Crippen LogP contribution in [-0.2, 0) is 0 Å². The van der Waals surface area contributed by atoms with Crippen molar-refractivity contribution in [1.82, 2.24) is 0 Å². The molecule has 1 aliphatic carbocycles. The molecule has 0 heterocycles. The molecule has 0 aromatic carbocycles. The van der Waals surface area contributed by atoms with Crippen LogP contribution in [0.2, 0.25) is 0 Å². The Balaban J connectivity index is 2.56. The summed E-state index contributed by atoms with van der Waals surface area (Å²) in [6.45, 7) is 2.07. The highest BCUT2D eigenvalue weighted by Crippen LogP contribution is 2.17. The molecule has 1 unspecified atom stereocenters. The minimum atomic E-state index is -0.00174. The van der Waals surface area contributed by atoms with E-state index in [9.17, 15) is 0 Å². The van der Waals surface area contributed by atoms with Crippen molar-refractivity contribution >= 4 is 0 Å². The Morgan fingerprint density at radius 2 is 2.38 bits per heavy atom. The molecule has 2 N–H and O–H groups in total. The van der Waals surface area contributed by atoms with Gasteiger partial charge in [0.05, 0.1) is 0 Å². The molecule has 0 aliphatic heterocycles. The number of allylic oxidation sites excluding steroid dienone is 1. The van der Waals surface area contributed by atoms with Crippen molar-refractivity contribution in [3.8, 4) is 0 Å². The molecule has 1 nitrogen and oxygen atoms in total. The molecule has 0 fully saturated rings. The van der Waals surface area contributed by atoms with Crippen molar-refractivity contribution < 1.29 is 0 Å². The zero-order valence-corrected chi connectivity index (χ0v) is 5.35. The number of nitrogens with two attached hydrogens (primary N) is 1. The average molecular weight is 111 g/mol. The molecule has 0 spiro atoms. The molecular formula is C7H13N. The van der Waals surface area contributed by atoms with Gasteiger partial charge in [-0.15, -0.1) is 0 Å². The van der Waals surface area contributed by atoms with Crippen LogP contribution in [-0.4, -0.2) is 5.54 Å². The third-order valence-corrected chi connectivity index (χ3v) is 1.58. The maximum absolute atomic E-state index is 5.79. The minimum Gasteiger partial charge on any atom is -0.322 e. The predicted molar refractivity (Wildman–Crippen MR) is 35.6 cm³/mol. The highest BCUT2D eigenvalue weighted by atomic mass is 14.7. The van der Waals surface area contributed by atoms with Gasteiger partial charge in [0.1, 0.15) is 0 Å². The largest absolute Gasteiger partial charge is 0.322 e. The van der Waals surface area contributed by atoms with Crippen LogP contribution in [0.3, 0.4) is 0 Å². The highest BCUT2D eigenvalue weighted by molar-refractivity contribution is 5.05. The van der Waals surface area contributed by atoms with Crippen LogP contribution in [0.1, 0.15) is 26.2 Å². The summed E-state index contributed by atoms with van der Waals surface area (Å²) in [5.74, 6) is 0. The first-order chi connectivity index (χ1) is 3.71. The summed E-state index contributed by atoms with van der Waals surface area (Å²) in [6, 6.07) is 0. The standard InChI is InChI=1S/C7H13N/c1-7(8)5-3-2-4-6-7/h3,5H,2,4,6,8H2,1H3. The van der Waals surface area contributed by atoms with E-state index in [1.807, 2.05) is 0 Å². The molecule has 1 aliphatic rings. The molecule has 1 heteroatoms. The molecule has 8 heavy (non-hydrogen) atoms. The molecule has 1 rings (SSSR count). The second-order valence-electron chi connectivity index (χ2n) is 2.80. The lowest BCUT2D eigenvalue weighted by molar-refractivity contribution is 0.493. The van der Waals surface area contributed by atoms with Crippen LogP contribution in [0.5, 0.6) is 0 Å². The molecule has 0 aromatic heterocycles. The first kappa shape index (κ1) is 5.83. The summed E-state index contributed by atoms with van der Waals surface area (Å²) in [7, 11) is 0. The maximum Gasteiger partial charge on any atom is 0.0310 e. The van der Waals surface area contributed by atoms with E-state index >= 15 is 0 Å². The van der Waals surface area contributed by atoms with E-state index in [0.717, 1.165) is 6.42 Å². The number of hydrogen-bond donors (Lipinski definition) is 1. The predicted octanol–water partition coefficient (Wildman–Crippen LogP) is 1.44. The van der Waals surface area contributed by atoms with Gasteiger partial charge >= 0.3 is 0 Å². The van der Waals surface area contributed by atoms with E-state index in [-0.39, 0.29) is 5.54 Å². The number of hydrogen-bond acceptors (Lipinski definition) is 1. The van der Waals surface area contributed by atoms with Crippen molar-refractivity contribution in [2.45, 2.75) is 31.7 Å². The van der Waals surface area contributed by atoms with Crippen LogP contribution in [0.15, 0.2) is 12.2 Å². The van der Waals surface area contributed by atoms with Gasteiger partial charge in [-0.05, 0) is 26.2 Å². The lowest BCUT2D eigenvalue weighted by Crippen LogP contribution is -2.34. The second kappa shape index (κ2) is 1.90. The van der Waals surface area contributed by atoms with E-state index in [1.165, 1.54) is 12.8 Å². The fraction of sp³-hybridized carbons (Fsp3) is 0.714. The van der Waals surface area contributed by atoms with E-state index in [4.69, 9.17) is 5.73 Å². The van der Waals surface area contributed by atoms with Gasteiger partial charge in [-0.2, -0.15) is 0 Å². The van der Waals surface area contributed by atoms with E-state index in [0.29, 0.717) is 0 Å². The van der Waals surface area contributed by atoms with Gasteiger partial charge in [-0.3, -0.25) is 0 Å². The quantitative estimate of drug-likeness (QED) is 0.470. The Kier molecular flexibility index (Phi) is 1.39. The molecule has 1 atom stereocenters. The Bertz CT molecular complexity index is 103. The molecule has 46 valence electrons. The summed E-state index contributed by atoms with van der Waals surface area (Å²) in [5.41, 5.74) is 5.79. The van der Waals surface area contributed by atoms with Gasteiger partial charge in [-0.1, -0.05) is 12.2 Å². The van der Waals surface area contributed by atoms with Gasteiger partial charge in [0.2, 0.25) is 0 Å². The Labute approximate surface area is 50.6 Å². The number of rotatable bonds is 0. The van der Waals surface area contributed by atoms with Crippen molar-refractivity contribution in [3.63, 3.8) is 0 Å². The van der Waals surface area contributed by atoms with Gasteiger partial charge in [0, 0.05) is 5.54 Å².